The average Bonchev–Trinajstić information content (AvgIpc) is 2.90. The van der Waals surface area contributed by atoms with Crippen LogP contribution in [0, 0.1) is 18.7 Å². The van der Waals surface area contributed by atoms with Gasteiger partial charge in [-0.1, -0.05) is 6.42 Å². The number of hydrogen-bond donors (Lipinski definition) is 1. The second-order valence-electron chi connectivity index (χ2n) is 6.16. The number of rotatable bonds is 2. The van der Waals surface area contributed by atoms with Crippen molar-refractivity contribution in [3.05, 3.63) is 23.5 Å². The van der Waals surface area contributed by atoms with E-state index in [9.17, 15) is 12.8 Å². The van der Waals surface area contributed by atoms with Crippen LogP contribution in [0.25, 0.3) is 0 Å². The van der Waals surface area contributed by atoms with Crippen LogP contribution in [0.15, 0.2) is 17.0 Å². The first-order valence-electron chi connectivity index (χ1n) is 7.48. The predicted molar refractivity (Wildman–Crippen MR) is 79.8 cm³/mol. The second kappa shape index (κ2) is 5.25. The number of aryl methyl sites for hydroxylation is 1. The van der Waals surface area contributed by atoms with E-state index in [0.717, 1.165) is 32.1 Å². The highest BCUT2D eigenvalue weighted by Gasteiger charge is 2.42. The molecule has 2 fully saturated rings. The third-order valence-electron chi connectivity index (χ3n) is 4.85. The molecule has 2 unspecified atom stereocenters. The van der Waals surface area contributed by atoms with Crippen molar-refractivity contribution in [2.45, 2.75) is 50.0 Å². The van der Waals surface area contributed by atoms with E-state index in [1.807, 2.05) is 0 Å². The predicted octanol–water partition coefficient (Wildman–Crippen LogP) is 2.67. The van der Waals surface area contributed by atoms with E-state index in [-0.39, 0.29) is 10.9 Å². The first kappa shape index (κ1) is 14.8. The Morgan fingerprint density at radius 3 is 2.71 bits per heavy atom. The van der Waals surface area contributed by atoms with Gasteiger partial charge < -0.3 is 5.73 Å². The van der Waals surface area contributed by atoms with Crippen LogP contribution in [0.5, 0.6) is 0 Å². The minimum atomic E-state index is -3.81. The van der Waals surface area contributed by atoms with Crippen molar-refractivity contribution in [1.82, 2.24) is 4.31 Å². The van der Waals surface area contributed by atoms with E-state index < -0.39 is 15.8 Å². The molecule has 1 aromatic rings. The molecule has 1 aliphatic heterocycles. The number of fused-ring (bicyclic) bond motifs is 1. The van der Waals surface area contributed by atoms with Gasteiger partial charge in [-0.25, -0.2) is 12.8 Å². The Morgan fingerprint density at radius 1 is 1.24 bits per heavy atom. The highest BCUT2D eigenvalue weighted by Crippen LogP contribution is 2.40. The van der Waals surface area contributed by atoms with E-state index in [0.29, 0.717) is 23.7 Å². The molecule has 1 aliphatic carbocycles. The van der Waals surface area contributed by atoms with Crippen LogP contribution in [0.2, 0.25) is 0 Å². The highest BCUT2D eigenvalue weighted by atomic mass is 32.2. The van der Waals surface area contributed by atoms with Gasteiger partial charge in [0.1, 0.15) is 10.7 Å². The summed E-state index contributed by atoms with van der Waals surface area (Å²) < 4.78 is 41.4. The number of piperidine rings is 1. The molecule has 0 spiro atoms. The van der Waals surface area contributed by atoms with Gasteiger partial charge in [0.25, 0.3) is 0 Å². The van der Waals surface area contributed by atoms with Crippen LogP contribution >= 0.6 is 0 Å². The van der Waals surface area contributed by atoms with E-state index >= 15 is 0 Å². The van der Waals surface area contributed by atoms with Crippen LogP contribution in [0.1, 0.15) is 37.7 Å². The maximum absolute atomic E-state index is 14.2. The Bertz CT molecular complexity index is 660. The molecule has 1 aromatic carbocycles. The summed E-state index contributed by atoms with van der Waals surface area (Å²) in [4.78, 5) is -0.279. The molecular formula is C15H21FN2O2S. The van der Waals surface area contributed by atoms with Crippen molar-refractivity contribution >= 4 is 15.7 Å². The lowest BCUT2D eigenvalue weighted by molar-refractivity contribution is 0.201. The Kier molecular flexibility index (Phi) is 3.69. The summed E-state index contributed by atoms with van der Waals surface area (Å²) in [5.74, 6) is -0.277. The minimum absolute atomic E-state index is 0.0330. The molecule has 3 rings (SSSR count). The number of nitrogens with zero attached hydrogens (tertiary/aromatic N) is 1. The standard InChI is InChI=1S/C15H21FN2O2S/c1-10-8-12(16)15(9-13(10)17)21(19,20)18-7-3-5-11-4-2-6-14(11)18/h8-9,11,14H,2-7,17H2,1H3. The molecule has 116 valence electrons. The molecule has 2 N–H and O–H groups in total. The summed E-state index contributed by atoms with van der Waals surface area (Å²) in [7, 11) is -3.81. The Labute approximate surface area is 125 Å². The number of hydrogen-bond acceptors (Lipinski definition) is 3. The van der Waals surface area contributed by atoms with Crippen LogP contribution in [-0.4, -0.2) is 25.3 Å². The molecule has 0 aromatic heterocycles. The highest BCUT2D eigenvalue weighted by molar-refractivity contribution is 7.89. The quantitative estimate of drug-likeness (QED) is 0.854. The van der Waals surface area contributed by atoms with Crippen LogP contribution < -0.4 is 5.73 Å². The smallest absolute Gasteiger partial charge is 0.246 e. The lowest BCUT2D eigenvalue weighted by atomic mass is 9.94. The fourth-order valence-electron chi connectivity index (χ4n) is 3.70. The number of benzene rings is 1. The summed E-state index contributed by atoms with van der Waals surface area (Å²) in [6, 6.07) is 2.50. The number of nitrogens with two attached hydrogens (primary N) is 1. The topological polar surface area (TPSA) is 63.4 Å². The summed E-state index contributed by atoms with van der Waals surface area (Å²) in [5.41, 5.74) is 6.65. The van der Waals surface area contributed by atoms with Gasteiger partial charge in [0.2, 0.25) is 10.0 Å². The fraction of sp³-hybridized carbons (Fsp3) is 0.600. The zero-order valence-corrected chi connectivity index (χ0v) is 13.0. The second-order valence-corrected chi connectivity index (χ2v) is 8.01. The van der Waals surface area contributed by atoms with Gasteiger partial charge >= 0.3 is 0 Å². The van der Waals surface area contributed by atoms with Crippen molar-refractivity contribution < 1.29 is 12.8 Å². The summed E-state index contributed by atoms with van der Waals surface area (Å²) in [6.45, 7) is 2.15. The van der Waals surface area contributed by atoms with Gasteiger partial charge in [0, 0.05) is 18.3 Å². The third-order valence-corrected chi connectivity index (χ3v) is 6.79. The number of nitrogen functional groups attached to an aromatic ring is 1. The molecule has 0 amide bonds. The molecule has 2 atom stereocenters. The molecule has 6 heteroatoms. The van der Waals surface area contributed by atoms with Crippen molar-refractivity contribution in [3.8, 4) is 0 Å². The van der Waals surface area contributed by atoms with Crippen LogP contribution in [0.3, 0.4) is 0 Å². The molecule has 1 heterocycles. The molecule has 0 radical (unpaired) electrons. The van der Waals surface area contributed by atoms with E-state index in [4.69, 9.17) is 5.73 Å². The molecule has 0 bridgehead atoms. The first-order valence-corrected chi connectivity index (χ1v) is 8.92. The molecule has 2 aliphatic rings. The van der Waals surface area contributed by atoms with Crippen LogP contribution in [0.4, 0.5) is 10.1 Å². The van der Waals surface area contributed by atoms with E-state index in [1.165, 1.54) is 16.4 Å². The molecule has 1 saturated carbocycles. The first-order chi connectivity index (χ1) is 9.91. The number of anilines is 1. The zero-order valence-electron chi connectivity index (χ0n) is 12.2. The molecule has 1 saturated heterocycles. The molecule has 4 nitrogen and oxygen atoms in total. The van der Waals surface area contributed by atoms with Gasteiger partial charge in [-0.05, 0) is 56.2 Å². The summed E-state index contributed by atoms with van der Waals surface area (Å²) >= 11 is 0. The van der Waals surface area contributed by atoms with Gasteiger partial charge in [-0.2, -0.15) is 4.31 Å². The Hall–Kier alpha value is -1.14. The minimum Gasteiger partial charge on any atom is -0.398 e. The van der Waals surface area contributed by atoms with E-state index in [2.05, 4.69) is 0 Å². The molecule has 21 heavy (non-hydrogen) atoms. The zero-order chi connectivity index (χ0) is 15.2. The molecular weight excluding hydrogens is 291 g/mol. The van der Waals surface area contributed by atoms with Crippen molar-refractivity contribution in [3.63, 3.8) is 0 Å². The third kappa shape index (κ3) is 2.44. The van der Waals surface area contributed by atoms with Gasteiger partial charge in [-0.3, -0.25) is 0 Å². The van der Waals surface area contributed by atoms with Crippen molar-refractivity contribution in [2.24, 2.45) is 5.92 Å². The lowest BCUT2D eigenvalue weighted by Crippen LogP contribution is -2.46. The number of halogens is 1. The van der Waals surface area contributed by atoms with Crippen molar-refractivity contribution in [2.75, 3.05) is 12.3 Å². The Balaban J connectivity index is 2.02. The Morgan fingerprint density at radius 2 is 1.95 bits per heavy atom. The fourth-order valence-corrected chi connectivity index (χ4v) is 5.54. The van der Waals surface area contributed by atoms with E-state index in [1.54, 1.807) is 6.92 Å². The summed E-state index contributed by atoms with van der Waals surface area (Å²) in [5, 5.41) is 0. The van der Waals surface area contributed by atoms with Gasteiger partial charge in [0.05, 0.1) is 0 Å². The SMILES string of the molecule is Cc1cc(F)c(S(=O)(=O)N2CCCC3CCCC32)cc1N. The van der Waals surface area contributed by atoms with Gasteiger partial charge in [-0.15, -0.1) is 0 Å². The average molecular weight is 312 g/mol. The van der Waals surface area contributed by atoms with Crippen molar-refractivity contribution in [1.29, 1.82) is 0 Å². The maximum Gasteiger partial charge on any atom is 0.246 e. The normalized spacial score (nSPS) is 26.8. The maximum atomic E-state index is 14.2. The number of sulfonamides is 1. The summed E-state index contributed by atoms with van der Waals surface area (Å²) in [6.07, 6.45) is 4.94. The lowest BCUT2D eigenvalue weighted by Gasteiger charge is -2.36. The van der Waals surface area contributed by atoms with Crippen LogP contribution in [-0.2, 0) is 10.0 Å². The monoisotopic (exact) mass is 312 g/mol. The largest absolute Gasteiger partial charge is 0.398 e. The van der Waals surface area contributed by atoms with Gasteiger partial charge in [0.15, 0.2) is 0 Å².